The topological polar surface area (TPSA) is 80.1 Å². The number of hydrogen-bond donors (Lipinski definition) is 1. The lowest BCUT2D eigenvalue weighted by atomic mass is 10.0. The second-order valence-corrected chi connectivity index (χ2v) is 8.99. The van der Waals surface area contributed by atoms with Gasteiger partial charge in [-0.05, 0) is 37.0 Å². The summed E-state index contributed by atoms with van der Waals surface area (Å²) in [6.07, 6.45) is 2.62. The van der Waals surface area contributed by atoms with E-state index < -0.39 is 0 Å². The van der Waals surface area contributed by atoms with E-state index >= 15 is 0 Å². The number of carbonyl (C=O) groups excluding carboxylic acids is 2. The molecule has 1 fully saturated rings. The number of carbonyl (C=O) groups is 2. The highest BCUT2D eigenvalue weighted by molar-refractivity contribution is 5.91. The van der Waals surface area contributed by atoms with Crippen LogP contribution in [0.1, 0.15) is 35.4 Å². The summed E-state index contributed by atoms with van der Waals surface area (Å²) in [5, 5.41) is 7.73. The van der Waals surface area contributed by atoms with Crippen LogP contribution in [0.5, 0.6) is 0 Å². The van der Waals surface area contributed by atoms with Crippen molar-refractivity contribution in [2.75, 3.05) is 13.1 Å². The Balaban J connectivity index is 1.22. The molecule has 0 unspecified atom stereocenters. The van der Waals surface area contributed by atoms with Crippen molar-refractivity contribution in [3.8, 4) is 17.1 Å². The third-order valence-corrected chi connectivity index (χ3v) is 6.46. The van der Waals surface area contributed by atoms with Crippen LogP contribution in [-0.2, 0) is 11.2 Å². The smallest absolute Gasteiger partial charge is 0.293 e. The summed E-state index contributed by atoms with van der Waals surface area (Å²) in [5.74, 6) is 0.684. The molecule has 5 rings (SSSR count). The number of rotatable bonds is 7. The van der Waals surface area contributed by atoms with E-state index in [9.17, 15) is 9.59 Å². The largest absolute Gasteiger partial charge is 0.353 e. The van der Waals surface area contributed by atoms with Gasteiger partial charge in [-0.3, -0.25) is 9.59 Å². The molecule has 1 saturated heterocycles. The molecule has 0 saturated carbocycles. The fraction of sp³-hybridized carbons (Fsp3) is 0.241. The van der Waals surface area contributed by atoms with Crippen LogP contribution in [0.4, 0.5) is 0 Å². The Hall–Kier alpha value is -4.26. The molecule has 0 spiro atoms. The zero-order valence-corrected chi connectivity index (χ0v) is 20.1. The Morgan fingerprint density at radius 1 is 0.833 bits per heavy atom. The van der Waals surface area contributed by atoms with Crippen molar-refractivity contribution in [1.29, 1.82) is 0 Å². The van der Waals surface area contributed by atoms with Gasteiger partial charge in [-0.15, -0.1) is 5.10 Å². The fourth-order valence-corrected chi connectivity index (χ4v) is 4.50. The molecule has 0 radical (unpaired) electrons. The summed E-state index contributed by atoms with van der Waals surface area (Å²) in [6, 6.07) is 29.6. The van der Waals surface area contributed by atoms with E-state index in [1.165, 1.54) is 0 Å². The third kappa shape index (κ3) is 5.51. The van der Waals surface area contributed by atoms with Gasteiger partial charge >= 0.3 is 0 Å². The molecule has 4 aromatic rings. The molecule has 2 heterocycles. The Kier molecular flexibility index (Phi) is 7.17. The Morgan fingerprint density at radius 2 is 1.44 bits per heavy atom. The van der Waals surface area contributed by atoms with Crippen LogP contribution in [0.3, 0.4) is 0 Å². The molecule has 0 bridgehead atoms. The minimum Gasteiger partial charge on any atom is -0.353 e. The predicted molar refractivity (Wildman–Crippen MR) is 139 cm³/mol. The van der Waals surface area contributed by atoms with Crippen LogP contribution < -0.4 is 5.32 Å². The second kappa shape index (κ2) is 11.0. The minimum absolute atomic E-state index is 0.0550. The first-order valence-corrected chi connectivity index (χ1v) is 12.4. The van der Waals surface area contributed by atoms with Crippen molar-refractivity contribution in [3.63, 3.8) is 0 Å². The molecule has 7 nitrogen and oxygen atoms in total. The van der Waals surface area contributed by atoms with Crippen molar-refractivity contribution >= 4 is 11.8 Å². The van der Waals surface area contributed by atoms with Crippen LogP contribution in [0.2, 0.25) is 0 Å². The number of likely N-dealkylation sites (tertiary alicyclic amines) is 1. The lowest BCUT2D eigenvalue weighted by Gasteiger charge is -2.31. The maximum atomic E-state index is 13.3. The Bertz CT molecular complexity index is 1240. The lowest BCUT2D eigenvalue weighted by Crippen LogP contribution is -2.46. The minimum atomic E-state index is -0.185. The number of aryl methyl sites for hydroxylation is 1. The molecule has 7 heteroatoms. The van der Waals surface area contributed by atoms with E-state index in [0.29, 0.717) is 38.2 Å². The predicted octanol–water partition coefficient (Wildman–Crippen LogP) is 4.29. The van der Waals surface area contributed by atoms with Gasteiger partial charge in [0.2, 0.25) is 11.7 Å². The van der Waals surface area contributed by atoms with Crippen LogP contribution in [0.25, 0.3) is 17.1 Å². The molecule has 1 aromatic heterocycles. The highest BCUT2D eigenvalue weighted by atomic mass is 16.2. The molecule has 1 aliphatic heterocycles. The normalized spacial score (nSPS) is 13.9. The van der Waals surface area contributed by atoms with Crippen LogP contribution in [0, 0.1) is 0 Å². The van der Waals surface area contributed by atoms with Gasteiger partial charge in [0.1, 0.15) is 0 Å². The van der Waals surface area contributed by atoms with Gasteiger partial charge in [-0.1, -0.05) is 78.9 Å². The lowest BCUT2D eigenvalue weighted by molar-refractivity contribution is -0.122. The average molecular weight is 480 g/mol. The van der Waals surface area contributed by atoms with Gasteiger partial charge in [0, 0.05) is 31.1 Å². The van der Waals surface area contributed by atoms with Gasteiger partial charge < -0.3 is 10.2 Å². The first kappa shape index (κ1) is 23.5. The van der Waals surface area contributed by atoms with E-state index in [0.717, 1.165) is 23.2 Å². The number of hydrogen-bond acceptors (Lipinski definition) is 4. The molecule has 1 N–H and O–H groups in total. The number of amides is 2. The van der Waals surface area contributed by atoms with Gasteiger partial charge in [0.05, 0.1) is 5.69 Å². The monoisotopic (exact) mass is 479 g/mol. The van der Waals surface area contributed by atoms with Crippen molar-refractivity contribution in [3.05, 3.63) is 102 Å². The first-order chi connectivity index (χ1) is 17.7. The number of aromatic nitrogens is 3. The number of nitrogens with one attached hydrogen (secondary N) is 1. The van der Waals surface area contributed by atoms with Gasteiger partial charge in [0.25, 0.3) is 5.91 Å². The molecular weight excluding hydrogens is 450 g/mol. The summed E-state index contributed by atoms with van der Waals surface area (Å²) in [6.45, 7) is 1.12. The molecule has 0 aliphatic carbocycles. The zero-order valence-electron chi connectivity index (χ0n) is 20.1. The summed E-state index contributed by atoms with van der Waals surface area (Å²) in [5.41, 5.74) is 2.90. The van der Waals surface area contributed by atoms with E-state index in [4.69, 9.17) is 0 Å². The highest BCUT2D eigenvalue weighted by Crippen LogP contribution is 2.22. The summed E-state index contributed by atoms with van der Waals surface area (Å²) >= 11 is 0. The zero-order chi connectivity index (χ0) is 24.7. The van der Waals surface area contributed by atoms with Crippen molar-refractivity contribution < 1.29 is 9.59 Å². The molecule has 3 aromatic carbocycles. The average Bonchev–Trinajstić information content (AvgIpc) is 3.39. The van der Waals surface area contributed by atoms with Crippen molar-refractivity contribution in [2.45, 2.75) is 31.7 Å². The standard InChI is InChI=1S/C29H29N5O2/c35-26(17-16-22-10-4-1-5-11-22)30-24-18-20-33(21-19-24)29(36)27-31-28(23-12-6-2-7-13-23)34(32-27)25-14-8-3-9-15-25/h1-15,24H,16-21H2,(H,30,35). The molecule has 1 aliphatic rings. The highest BCUT2D eigenvalue weighted by Gasteiger charge is 2.28. The van der Waals surface area contributed by atoms with Crippen LogP contribution in [-0.4, -0.2) is 50.6 Å². The molecular formula is C29H29N5O2. The first-order valence-electron chi connectivity index (χ1n) is 12.4. The Morgan fingerprint density at radius 3 is 2.11 bits per heavy atom. The second-order valence-electron chi connectivity index (χ2n) is 8.99. The summed E-state index contributed by atoms with van der Waals surface area (Å²) < 4.78 is 1.72. The number of para-hydroxylation sites is 1. The summed E-state index contributed by atoms with van der Waals surface area (Å²) in [4.78, 5) is 32.2. The van der Waals surface area contributed by atoms with E-state index in [1.54, 1.807) is 9.58 Å². The number of benzene rings is 3. The van der Waals surface area contributed by atoms with Crippen molar-refractivity contribution in [2.24, 2.45) is 0 Å². The van der Waals surface area contributed by atoms with E-state index in [2.05, 4.69) is 15.4 Å². The van der Waals surface area contributed by atoms with Crippen molar-refractivity contribution in [1.82, 2.24) is 25.0 Å². The molecule has 0 atom stereocenters. The number of nitrogens with zero attached hydrogens (tertiary/aromatic N) is 4. The molecule has 182 valence electrons. The quantitative estimate of drug-likeness (QED) is 0.429. The molecule has 2 amide bonds. The van der Waals surface area contributed by atoms with Crippen LogP contribution >= 0.6 is 0 Å². The summed E-state index contributed by atoms with van der Waals surface area (Å²) in [7, 11) is 0. The van der Waals surface area contributed by atoms with Gasteiger partial charge in [-0.2, -0.15) is 0 Å². The maximum absolute atomic E-state index is 13.3. The molecule has 36 heavy (non-hydrogen) atoms. The van der Waals surface area contributed by atoms with E-state index in [1.807, 2.05) is 91.0 Å². The maximum Gasteiger partial charge on any atom is 0.293 e. The SMILES string of the molecule is O=C(CCc1ccccc1)NC1CCN(C(=O)c2nc(-c3ccccc3)n(-c3ccccc3)n2)CC1. The van der Waals surface area contributed by atoms with E-state index in [-0.39, 0.29) is 23.7 Å². The van der Waals surface area contributed by atoms with Gasteiger partial charge in [0.15, 0.2) is 5.82 Å². The number of piperidine rings is 1. The fourth-order valence-electron chi connectivity index (χ4n) is 4.50. The van der Waals surface area contributed by atoms with Crippen LogP contribution in [0.15, 0.2) is 91.0 Å². The van der Waals surface area contributed by atoms with Gasteiger partial charge in [-0.25, -0.2) is 9.67 Å². The Labute approximate surface area is 210 Å². The third-order valence-electron chi connectivity index (χ3n) is 6.46.